The third-order valence-corrected chi connectivity index (χ3v) is 5.75. The Morgan fingerprint density at radius 1 is 0.917 bits per heavy atom. The number of pyridine rings is 1. The normalized spacial score (nSPS) is 11.7. The van der Waals surface area contributed by atoms with Crippen molar-refractivity contribution in [3.8, 4) is 5.69 Å². The molecule has 0 unspecified atom stereocenters. The number of esters is 1. The summed E-state index contributed by atoms with van der Waals surface area (Å²) in [5.41, 5.74) is -0.569. The molecule has 0 aliphatic heterocycles. The average molecular weight is 489 g/mol. The maximum atomic E-state index is 13.2. The maximum Gasteiger partial charge on any atom is 0.416 e. The summed E-state index contributed by atoms with van der Waals surface area (Å²) in [5, 5.41) is 6.72. The number of aryl methyl sites for hydroxylation is 1. The van der Waals surface area contributed by atoms with E-state index >= 15 is 0 Å². The lowest BCUT2D eigenvalue weighted by Crippen LogP contribution is -2.24. The van der Waals surface area contributed by atoms with Crippen molar-refractivity contribution in [2.24, 2.45) is 0 Å². The molecule has 3 aromatic carbocycles. The smallest absolute Gasteiger partial charge is 0.416 e. The highest BCUT2D eigenvalue weighted by atomic mass is 19.4. The van der Waals surface area contributed by atoms with Gasteiger partial charge >= 0.3 is 12.1 Å². The molecule has 0 saturated carbocycles. The number of aromatic nitrogens is 3. The fraction of sp³-hybridized carbons (Fsp3) is 0.111. The van der Waals surface area contributed by atoms with Gasteiger partial charge in [0.2, 0.25) is 11.1 Å². The van der Waals surface area contributed by atoms with E-state index in [-0.39, 0.29) is 18.0 Å². The number of hydrogen-bond donors (Lipinski definition) is 0. The molecule has 0 aliphatic carbocycles. The fourth-order valence-electron chi connectivity index (χ4n) is 4.05. The first-order chi connectivity index (χ1) is 17.2. The lowest BCUT2D eigenvalue weighted by molar-refractivity contribution is -0.137. The first-order valence-electron chi connectivity index (χ1n) is 10.9. The van der Waals surface area contributed by atoms with E-state index in [1.165, 1.54) is 19.1 Å². The molecule has 6 nitrogen and oxygen atoms in total. The minimum Gasteiger partial charge on any atom is -0.454 e. The van der Waals surface area contributed by atoms with Crippen molar-refractivity contribution in [1.29, 1.82) is 0 Å². The highest BCUT2D eigenvalue weighted by Crippen LogP contribution is 2.30. The summed E-state index contributed by atoms with van der Waals surface area (Å²) in [7, 11) is 0. The van der Waals surface area contributed by atoms with Gasteiger partial charge in [0.05, 0.1) is 22.5 Å². The van der Waals surface area contributed by atoms with Gasteiger partial charge in [-0.2, -0.15) is 18.3 Å². The Bertz CT molecular complexity index is 1690. The van der Waals surface area contributed by atoms with Crippen LogP contribution in [0.4, 0.5) is 13.2 Å². The van der Waals surface area contributed by atoms with E-state index in [1.807, 2.05) is 48.5 Å². The quantitative estimate of drug-likeness (QED) is 0.242. The van der Waals surface area contributed by atoms with Gasteiger partial charge in [-0.15, -0.1) is 0 Å². The lowest BCUT2D eigenvalue weighted by atomic mass is 10.0. The Hall–Kier alpha value is -4.53. The molecule has 0 amide bonds. The Kier molecular flexibility index (Phi) is 5.75. The number of carbonyl (C=O) groups is 1. The minimum absolute atomic E-state index is 0.0542. The summed E-state index contributed by atoms with van der Waals surface area (Å²) in [4.78, 5) is 30.0. The zero-order valence-corrected chi connectivity index (χ0v) is 18.9. The molecule has 180 valence electrons. The van der Waals surface area contributed by atoms with Crippen LogP contribution in [0.15, 0.2) is 83.7 Å². The largest absolute Gasteiger partial charge is 0.454 e. The predicted octanol–water partition coefficient (Wildman–Crippen LogP) is 5.62. The molecule has 0 saturated heterocycles. The van der Waals surface area contributed by atoms with Gasteiger partial charge in [0.15, 0.2) is 0 Å². The molecule has 0 fully saturated rings. The van der Waals surface area contributed by atoms with Crippen molar-refractivity contribution in [2.45, 2.75) is 19.7 Å². The molecule has 0 N–H and O–H groups in total. The second-order valence-electron chi connectivity index (χ2n) is 8.16. The van der Waals surface area contributed by atoms with E-state index in [0.717, 1.165) is 44.6 Å². The van der Waals surface area contributed by atoms with Crippen molar-refractivity contribution in [2.75, 3.05) is 0 Å². The van der Waals surface area contributed by atoms with Gasteiger partial charge in [0, 0.05) is 22.5 Å². The summed E-state index contributed by atoms with van der Waals surface area (Å²) >= 11 is 0. The van der Waals surface area contributed by atoms with Gasteiger partial charge in [-0.25, -0.2) is 14.5 Å². The van der Waals surface area contributed by atoms with Crippen LogP contribution in [0.2, 0.25) is 0 Å². The molecule has 2 heterocycles. The Labute approximate surface area is 202 Å². The van der Waals surface area contributed by atoms with E-state index in [1.54, 1.807) is 0 Å². The minimum atomic E-state index is -4.56. The second kappa shape index (κ2) is 8.92. The summed E-state index contributed by atoms with van der Waals surface area (Å²) < 4.78 is 46.0. The van der Waals surface area contributed by atoms with Crippen LogP contribution in [0, 0.1) is 6.92 Å². The van der Waals surface area contributed by atoms with Crippen LogP contribution in [0.5, 0.6) is 0 Å². The van der Waals surface area contributed by atoms with E-state index in [9.17, 15) is 22.8 Å². The predicted molar refractivity (Wildman–Crippen MR) is 128 cm³/mol. The Balaban J connectivity index is 1.48. The topological polar surface area (TPSA) is 74.1 Å². The van der Waals surface area contributed by atoms with Gasteiger partial charge in [0.1, 0.15) is 6.61 Å². The molecule has 0 atom stereocenters. The highest BCUT2D eigenvalue weighted by Gasteiger charge is 2.30. The molecule has 9 heteroatoms. The molecule has 2 aromatic heterocycles. The Morgan fingerprint density at radius 3 is 2.36 bits per heavy atom. The van der Waals surface area contributed by atoms with E-state index in [4.69, 9.17) is 4.74 Å². The fourth-order valence-corrected chi connectivity index (χ4v) is 4.05. The molecule has 5 aromatic rings. The van der Waals surface area contributed by atoms with Crippen LogP contribution in [-0.4, -0.2) is 20.7 Å². The molecule has 0 radical (unpaired) electrons. The molecule has 0 spiro atoms. The molecule has 0 bridgehead atoms. The first-order valence-corrected chi connectivity index (χ1v) is 10.9. The van der Waals surface area contributed by atoms with Crippen LogP contribution in [0.1, 0.15) is 27.4 Å². The number of benzene rings is 3. The van der Waals surface area contributed by atoms with Crippen LogP contribution < -0.4 is 5.43 Å². The third-order valence-electron chi connectivity index (χ3n) is 5.75. The van der Waals surface area contributed by atoms with Crippen LogP contribution in [0.25, 0.3) is 27.4 Å². The lowest BCUT2D eigenvalue weighted by Gasteiger charge is -2.14. The molecular formula is C27H18F3N3O3. The van der Waals surface area contributed by atoms with Crippen molar-refractivity contribution in [3.05, 3.63) is 112 Å². The van der Waals surface area contributed by atoms with Crippen molar-refractivity contribution in [3.63, 3.8) is 0 Å². The van der Waals surface area contributed by atoms with Crippen molar-refractivity contribution >= 4 is 27.6 Å². The number of nitrogens with zero attached hydrogens (tertiary/aromatic N) is 3. The summed E-state index contributed by atoms with van der Waals surface area (Å²) in [6, 6.07) is 20.7. The van der Waals surface area contributed by atoms with Gasteiger partial charge < -0.3 is 4.74 Å². The number of halogens is 3. The van der Waals surface area contributed by atoms with Crippen molar-refractivity contribution < 1.29 is 22.7 Å². The monoisotopic (exact) mass is 489 g/mol. The standard InChI is InChI=1S/C27H18F3N3O3/c1-16-13-24(34)25(32-33(16)18-8-6-7-17(14-18)27(28,29)30)26(35)36-15-23-21-11-3-2-9-19(21)20-10-4-5-12-22(20)31-23/h2-14H,15H2,1H3. The van der Waals surface area contributed by atoms with Crippen molar-refractivity contribution in [1.82, 2.24) is 14.8 Å². The van der Waals surface area contributed by atoms with Gasteiger partial charge in [-0.3, -0.25) is 4.79 Å². The van der Waals surface area contributed by atoms with E-state index in [0.29, 0.717) is 5.69 Å². The summed E-state index contributed by atoms with van der Waals surface area (Å²) in [6.07, 6.45) is -4.56. The molecule has 0 aliphatic rings. The first kappa shape index (κ1) is 23.2. The average Bonchev–Trinajstić information content (AvgIpc) is 2.87. The number of carbonyl (C=O) groups excluding carboxylic acids is 1. The number of fused-ring (bicyclic) bond motifs is 3. The van der Waals surface area contributed by atoms with Gasteiger partial charge in [-0.1, -0.05) is 48.5 Å². The molecule has 5 rings (SSSR count). The third kappa shape index (κ3) is 4.31. The van der Waals surface area contributed by atoms with Crippen LogP contribution in [-0.2, 0) is 17.5 Å². The zero-order chi connectivity index (χ0) is 25.4. The SMILES string of the molecule is Cc1cc(=O)c(C(=O)OCc2nc3ccccc3c3ccccc23)nn1-c1cccc(C(F)(F)F)c1. The molecular weight excluding hydrogens is 471 g/mol. The summed E-state index contributed by atoms with van der Waals surface area (Å²) in [6.45, 7) is 1.29. The second-order valence-corrected chi connectivity index (χ2v) is 8.16. The number of para-hydroxylation sites is 1. The maximum absolute atomic E-state index is 13.2. The summed E-state index contributed by atoms with van der Waals surface area (Å²) in [5.74, 6) is -1.00. The Morgan fingerprint density at radius 2 is 1.61 bits per heavy atom. The number of ether oxygens (including phenoxy) is 1. The number of alkyl halides is 3. The molecule has 36 heavy (non-hydrogen) atoms. The van der Waals surface area contributed by atoms with E-state index < -0.39 is 28.8 Å². The number of rotatable bonds is 4. The van der Waals surface area contributed by atoms with Crippen LogP contribution >= 0.6 is 0 Å². The van der Waals surface area contributed by atoms with Crippen LogP contribution in [0.3, 0.4) is 0 Å². The van der Waals surface area contributed by atoms with Gasteiger partial charge in [0.25, 0.3) is 0 Å². The number of hydrogen-bond acceptors (Lipinski definition) is 5. The van der Waals surface area contributed by atoms with E-state index in [2.05, 4.69) is 10.1 Å². The zero-order valence-electron chi connectivity index (χ0n) is 18.9. The van der Waals surface area contributed by atoms with Gasteiger partial charge in [-0.05, 0) is 36.6 Å². The highest BCUT2D eigenvalue weighted by molar-refractivity contribution is 6.06.